The molecular formula is C19H21N3O2. The summed E-state index contributed by atoms with van der Waals surface area (Å²) in [5.74, 6) is -0.384. The highest BCUT2D eigenvalue weighted by molar-refractivity contribution is 5.90. The number of anilines is 1. The number of hydrogen-bond acceptors (Lipinski definition) is 2. The first-order chi connectivity index (χ1) is 11.6. The van der Waals surface area contributed by atoms with Gasteiger partial charge in [0.25, 0.3) is 0 Å². The van der Waals surface area contributed by atoms with Gasteiger partial charge in [-0.25, -0.2) is 4.79 Å². The number of hydrogen-bond donors (Lipinski definition) is 2. The van der Waals surface area contributed by atoms with Crippen LogP contribution in [0.5, 0.6) is 0 Å². The molecule has 0 bridgehead atoms. The largest absolute Gasteiger partial charge is 0.369 e. The van der Waals surface area contributed by atoms with Crippen molar-refractivity contribution in [1.29, 1.82) is 0 Å². The first-order valence-electron chi connectivity index (χ1n) is 8.14. The minimum absolute atomic E-state index is 0.112. The fourth-order valence-corrected chi connectivity index (χ4v) is 2.95. The molecule has 2 aromatic carbocycles. The Bertz CT molecular complexity index is 705. The third-order valence-corrected chi connectivity index (χ3v) is 4.43. The van der Waals surface area contributed by atoms with Crippen molar-refractivity contribution in [3.63, 3.8) is 0 Å². The second kappa shape index (κ2) is 7.17. The van der Waals surface area contributed by atoms with E-state index in [1.807, 2.05) is 42.5 Å². The summed E-state index contributed by atoms with van der Waals surface area (Å²) >= 11 is 0. The first-order valence-corrected chi connectivity index (χ1v) is 8.14. The van der Waals surface area contributed by atoms with Crippen LogP contribution in [0.3, 0.4) is 0 Å². The zero-order chi connectivity index (χ0) is 16.9. The van der Waals surface area contributed by atoms with Gasteiger partial charge in [0.1, 0.15) is 0 Å². The molecule has 0 spiro atoms. The number of nitrogens with one attached hydrogen (secondary N) is 1. The van der Waals surface area contributed by atoms with Crippen LogP contribution in [0.25, 0.3) is 11.1 Å². The van der Waals surface area contributed by atoms with Crippen LogP contribution < -0.4 is 11.1 Å². The summed E-state index contributed by atoms with van der Waals surface area (Å²) in [6, 6.07) is 17.7. The fraction of sp³-hybridized carbons (Fsp3) is 0.263. The minimum atomic E-state index is -0.272. The van der Waals surface area contributed by atoms with E-state index in [1.165, 1.54) is 0 Å². The normalized spacial score (nSPS) is 15.1. The molecule has 3 amide bonds. The number of urea groups is 1. The lowest BCUT2D eigenvalue weighted by molar-refractivity contribution is -0.122. The predicted octanol–water partition coefficient (Wildman–Crippen LogP) is 3.08. The molecule has 1 aliphatic rings. The highest BCUT2D eigenvalue weighted by Gasteiger charge is 2.25. The number of primary amides is 1. The van der Waals surface area contributed by atoms with E-state index in [0.717, 1.165) is 16.8 Å². The maximum absolute atomic E-state index is 12.3. The average Bonchev–Trinajstić information content (AvgIpc) is 2.63. The molecule has 0 unspecified atom stereocenters. The Morgan fingerprint density at radius 1 is 0.917 bits per heavy atom. The number of likely N-dealkylation sites (tertiary alicyclic amines) is 1. The Balaban J connectivity index is 1.58. The third-order valence-electron chi connectivity index (χ3n) is 4.43. The number of rotatable bonds is 3. The van der Waals surface area contributed by atoms with Crippen molar-refractivity contribution >= 4 is 17.6 Å². The van der Waals surface area contributed by atoms with Crippen molar-refractivity contribution in [3.8, 4) is 11.1 Å². The van der Waals surface area contributed by atoms with Gasteiger partial charge in [0.2, 0.25) is 5.91 Å². The Labute approximate surface area is 141 Å². The Kier molecular flexibility index (Phi) is 4.79. The van der Waals surface area contributed by atoms with E-state index in [-0.39, 0.29) is 17.9 Å². The lowest BCUT2D eigenvalue weighted by Gasteiger charge is -2.30. The summed E-state index contributed by atoms with van der Waals surface area (Å²) < 4.78 is 0. The first kappa shape index (κ1) is 16.1. The number of carbonyl (C=O) groups excluding carboxylic acids is 2. The second-order valence-electron chi connectivity index (χ2n) is 6.04. The summed E-state index contributed by atoms with van der Waals surface area (Å²) in [4.78, 5) is 25.2. The van der Waals surface area contributed by atoms with Gasteiger partial charge in [0, 0.05) is 24.7 Å². The van der Waals surface area contributed by atoms with E-state index >= 15 is 0 Å². The Morgan fingerprint density at radius 2 is 1.50 bits per heavy atom. The number of nitrogens with zero attached hydrogens (tertiary/aromatic N) is 1. The molecule has 24 heavy (non-hydrogen) atoms. The van der Waals surface area contributed by atoms with Gasteiger partial charge in [0.15, 0.2) is 0 Å². The monoisotopic (exact) mass is 323 g/mol. The number of nitrogens with two attached hydrogens (primary N) is 1. The van der Waals surface area contributed by atoms with E-state index < -0.39 is 0 Å². The van der Waals surface area contributed by atoms with Gasteiger partial charge in [-0.05, 0) is 36.1 Å². The van der Waals surface area contributed by atoms with Gasteiger partial charge in [0.05, 0.1) is 0 Å². The SMILES string of the molecule is NC(=O)C1CCN(C(=O)Nc2ccc(-c3ccccc3)cc2)CC1. The molecule has 5 nitrogen and oxygen atoms in total. The molecule has 3 rings (SSSR count). The molecule has 0 aliphatic carbocycles. The van der Waals surface area contributed by atoms with Crippen LogP contribution in [-0.4, -0.2) is 29.9 Å². The van der Waals surface area contributed by atoms with Crippen LogP contribution in [0.4, 0.5) is 10.5 Å². The number of benzene rings is 2. The number of carbonyl (C=O) groups is 2. The van der Waals surface area contributed by atoms with Crippen LogP contribution in [0.1, 0.15) is 12.8 Å². The molecule has 1 fully saturated rings. The zero-order valence-electron chi connectivity index (χ0n) is 13.4. The summed E-state index contributed by atoms with van der Waals surface area (Å²) in [5.41, 5.74) is 8.33. The van der Waals surface area contributed by atoms with Gasteiger partial charge in [-0.1, -0.05) is 42.5 Å². The van der Waals surface area contributed by atoms with Crippen molar-refractivity contribution in [1.82, 2.24) is 4.90 Å². The Hall–Kier alpha value is -2.82. The summed E-state index contributed by atoms with van der Waals surface area (Å²) in [5, 5.41) is 2.91. The van der Waals surface area contributed by atoms with Gasteiger partial charge in [-0.15, -0.1) is 0 Å². The summed E-state index contributed by atoms with van der Waals surface area (Å²) in [6.07, 6.45) is 1.27. The van der Waals surface area contributed by atoms with Crippen molar-refractivity contribution < 1.29 is 9.59 Å². The van der Waals surface area contributed by atoms with Gasteiger partial charge in [-0.3, -0.25) is 4.79 Å². The molecule has 0 radical (unpaired) electrons. The van der Waals surface area contributed by atoms with Crippen LogP contribution in [0.2, 0.25) is 0 Å². The smallest absolute Gasteiger partial charge is 0.321 e. The lowest BCUT2D eigenvalue weighted by Crippen LogP contribution is -2.43. The van der Waals surface area contributed by atoms with E-state index in [0.29, 0.717) is 25.9 Å². The minimum Gasteiger partial charge on any atom is -0.369 e. The predicted molar refractivity (Wildman–Crippen MR) is 94.4 cm³/mol. The standard InChI is InChI=1S/C19H21N3O2/c20-18(23)16-10-12-22(13-11-16)19(24)21-17-8-6-15(7-9-17)14-4-2-1-3-5-14/h1-9,16H,10-13H2,(H2,20,23)(H,21,24). The fourth-order valence-electron chi connectivity index (χ4n) is 2.95. The highest BCUT2D eigenvalue weighted by atomic mass is 16.2. The topological polar surface area (TPSA) is 75.4 Å². The Morgan fingerprint density at radius 3 is 2.08 bits per heavy atom. The van der Waals surface area contributed by atoms with Gasteiger partial charge in [-0.2, -0.15) is 0 Å². The summed E-state index contributed by atoms with van der Waals surface area (Å²) in [7, 11) is 0. The maximum atomic E-state index is 12.3. The van der Waals surface area contributed by atoms with Crippen LogP contribution in [-0.2, 0) is 4.79 Å². The van der Waals surface area contributed by atoms with Gasteiger partial charge >= 0.3 is 6.03 Å². The molecule has 1 aliphatic heterocycles. The van der Waals surface area contributed by atoms with E-state index in [1.54, 1.807) is 4.90 Å². The molecule has 0 atom stereocenters. The van der Waals surface area contributed by atoms with Crippen LogP contribution in [0, 0.1) is 5.92 Å². The molecule has 3 N–H and O–H groups in total. The van der Waals surface area contributed by atoms with Crippen molar-refractivity contribution in [2.24, 2.45) is 11.7 Å². The molecule has 0 aromatic heterocycles. The highest BCUT2D eigenvalue weighted by Crippen LogP contribution is 2.22. The van der Waals surface area contributed by atoms with Gasteiger partial charge < -0.3 is 16.0 Å². The quantitative estimate of drug-likeness (QED) is 0.911. The summed E-state index contributed by atoms with van der Waals surface area (Å²) in [6.45, 7) is 1.11. The van der Waals surface area contributed by atoms with Crippen molar-refractivity contribution in [3.05, 3.63) is 54.6 Å². The van der Waals surface area contributed by atoms with Crippen molar-refractivity contribution in [2.45, 2.75) is 12.8 Å². The number of piperidine rings is 1. The third kappa shape index (κ3) is 3.74. The molecule has 1 heterocycles. The average molecular weight is 323 g/mol. The van der Waals surface area contributed by atoms with E-state index in [4.69, 9.17) is 5.73 Å². The molecule has 124 valence electrons. The van der Waals surface area contributed by atoms with E-state index in [2.05, 4.69) is 17.4 Å². The van der Waals surface area contributed by atoms with Crippen LogP contribution in [0.15, 0.2) is 54.6 Å². The molecular weight excluding hydrogens is 302 g/mol. The zero-order valence-corrected chi connectivity index (χ0v) is 13.4. The van der Waals surface area contributed by atoms with E-state index in [9.17, 15) is 9.59 Å². The molecule has 5 heteroatoms. The molecule has 1 saturated heterocycles. The second-order valence-corrected chi connectivity index (χ2v) is 6.04. The van der Waals surface area contributed by atoms with Crippen molar-refractivity contribution in [2.75, 3.05) is 18.4 Å². The lowest BCUT2D eigenvalue weighted by atomic mass is 9.96. The molecule has 2 aromatic rings. The maximum Gasteiger partial charge on any atom is 0.321 e. The van der Waals surface area contributed by atoms with Crippen LogP contribution >= 0.6 is 0 Å². The number of amides is 3. The molecule has 0 saturated carbocycles.